The number of fused-ring (bicyclic) bond motifs is 2. The fourth-order valence-corrected chi connectivity index (χ4v) is 4.78. The van der Waals surface area contributed by atoms with Crippen LogP contribution in [0.15, 0.2) is 60.7 Å². The number of ketones is 4. The van der Waals surface area contributed by atoms with Crippen LogP contribution in [0, 0.1) is 11.8 Å². The van der Waals surface area contributed by atoms with Crippen molar-refractivity contribution in [2.75, 3.05) is 23.8 Å². The van der Waals surface area contributed by atoms with E-state index in [2.05, 4.69) is 10.6 Å². The molecule has 3 aromatic rings. The molecule has 2 aliphatic carbocycles. The average Bonchev–Trinajstić information content (AvgIpc) is 3.33. The maximum atomic E-state index is 13.1. The van der Waals surface area contributed by atoms with Crippen molar-refractivity contribution in [1.82, 2.24) is 0 Å². The lowest BCUT2D eigenvalue weighted by Crippen LogP contribution is -2.31. The van der Waals surface area contributed by atoms with Gasteiger partial charge in [-0.3, -0.25) is 28.8 Å². The Morgan fingerprint density at radius 3 is 1.15 bits per heavy atom. The Hall–Kier alpha value is -5.12. The minimum atomic E-state index is -1.66. The number of anilines is 2. The molecular weight excluding hydrogens is 516 g/mol. The maximum Gasteiger partial charge on any atom is 0.243 e. The van der Waals surface area contributed by atoms with Crippen molar-refractivity contribution >= 4 is 46.3 Å². The van der Waals surface area contributed by atoms with Gasteiger partial charge >= 0.3 is 0 Å². The molecule has 202 valence electrons. The third-order valence-corrected chi connectivity index (χ3v) is 6.66. The molecular formula is C30H24N2O8. The van der Waals surface area contributed by atoms with Gasteiger partial charge in [0.05, 0.1) is 13.2 Å². The van der Waals surface area contributed by atoms with Crippen LogP contribution in [-0.2, 0) is 9.59 Å². The van der Waals surface area contributed by atoms with Gasteiger partial charge in [0.15, 0.2) is 35.0 Å². The molecule has 0 fully saturated rings. The summed E-state index contributed by atoms with van der Waals surface area (Å²) in [5.41, 5.74) is 0.181. The summed E-state index contributed by atoms with van der Waals surface area (Å²) < 4.78 is 10.7. The van der Waals surface area contributed by atoms with Crippen LogP contribution < -0.4 is 20.1 Å². The van der Waals surface area contributed by atoms with E-state index < -0.39 is 46.8 Å². The molecule has 5 rings (SSSR count). The highest BCUT2D eigenvalue weighted by Crippen LogP contribution is 2.36. The van der Waals surface area contributed by atoms with E-state index in [1.54, 1.807) is 48.5 Å². The lowest BCUT2D eigenvalue weighted by atomic mass is 10.0. The minimum absolute atomic E-state index is 0.135. The zero-order valence-electron chi connectivity index (χ0n) is 21.6. The largest absolute Gasteiger partial charge is 0.494 e. The van der Waals surface area contributed by atoms with E-state index in [0.29, 0.717) is 36.1 Å². The number of carbonyl (C=O) groups excluding carboxylic acids is 6. The highest BCUT2D eigenvalue weighted by molar-refractivity contribution is 6.40. The molecule has 0 atom stereocenters. The molecule has 0 bridgehead atoms. The molecule has 10 nitrogen and oxygen atoms in total. The van der Waals surface area contributed by atoms with E-state index in [1.165, 1.54) is 0 Å². The van der Waals surface area contributed by atoms with Gasteiger partial charge < -0.3 is 20.1 Å². The molecule has 0 spiro atoms. The van der Waals surface area contributed by atoms with Gasteiger partial charge in [-0.1, -0.05) is 0 Å². The number of rotatable bonds is 8. The van der Waals surface area contributed by atoms with Crippen LogP contribution in [0.4, 0.5) is 11.4 Å². The number of Topliss-reactive ketones (excluding diaryl/α,β-unsaturated/α-hetero) is 4. The summed E-state index contributed by atoms with van der Waals surface area (Å²) in [6.07, 6.45) is 0. The van der Waals surface area contributed by atoms with Crippen LogP contribution in [-0.4, -0.2) is 48.2 Å². The Bertz CT molecular complexity index is 1400. The molecule has 0 saturated heterocycles. The summed E-state index contributed by atoms with van der Waals surface area (Å²) in [6, 6.07) is 15.1. The van der Waals surface area contributed by atoms with Gasteiger partial charge in [-0.15, -0.1) is 0 Å². The normalized spacial score (nSPS) is 14.7. The molecule has 3 aromatic carbocycles. The highest BCUT2D eigenvalue weighted by Gasteiger charge is 2.49. The van der Waals surface area contributed by atoms with Crippen molar-refractivity contribution in [2.45, 2.75) is 13.8 Å². The van der Waals surface area contributed by atoms with E-state index in [1.807, 2.05) is 13.8 Å². The second kappa shape index (κ2) is 10.6. The molecule has 2 aliphatic rings. The first-order valence-corrected chi connectivity index (χ1v) is 12.7. The molecule has 2 amide bonds. The molecule has 0 radical (unpaired) electrons. The molecule has 0 heterocycles. The van der Waals surface area contributed by atoms with Gasteiger partial charge in [-0.25, -0.2) is 0 Å². The maximum absolute atomic E-state index is 13.1. The molecule has 40 heavy (non-hydrogen) atoms. The van der Waals surface area contributed by atoms with Crippen LogP contribution in [0.5, 0.6) is 11.5 Å². The predicted molar refractivity (Wildman–Crippen MR) is 143 cm³/mol. The Morgan fingerprint density at radius 1 is 0.575 bits per heavy atom. The van der Waals surface area contributed by atoms with Crippen LogP contribution in [0.25, 0.3) is 0 Å². The number of hydrogen-bond donors (Lipinski definition) is 2. The third-order valence-electron chi connectivity index (χ3n) is 6.66. The van der Waals surface area contributed by atoms with E-state index in [4.69, 9.17) is 9.47 Å². The van der Waals surface area contributed by atoms with E-state index in [0.717, 1.165) is 12.1 Å². The standard InChI is InChI=1S/C30H24N2O8/c1-3-39-17-9-5-15(6-10-17)31-29(37)23-25(33)19-13-21-22(14-20(19)26(23)34)28(36)24(27(21)35)30(38)32-16-7-11-18(12-8-16)40-4-2/h5-14,23-24H,3-4H2,1-2H3,(H,31,37)(H,32,38). The van der Waals surface area contributed by atoms with Gasteiger partial charge in [0.25, 0.3) is 0 Å². The van der Waals surface area contributed by atoms with Crippen molar-refractivity contribution in [1.29, 1.82) is 0 Å². The second-order valence-corrected chi connectivity index (χ2v) is 9.16. The van der Waals surface area contributed by atoms with Gasteiger partial charge in [0.1, 0.15) is 11.5 Å². The van der Waals surface area contributed by atoms with Gasteiger partial charge in [0, 0.05) is 33.6 Å². The molecule has 0 aromatic heterocycles. The number of amides is 2. The van der Waals surface area contributed by atoms with Crippen molar-refractivity contribution in [3.63, 3.8) is 0 Å². The smallest absolute Gasteiger partial charge is 0.243 e. The van der Waals surface area contributed by atoms with E-state index >= 15 is 0 Å². The Balaban J connectivity index is 1.33. The highest BCUT2D eigenvalue weighted by atomic mass is 16.5. The summed E-state index contributed by atoms with van der Waals surface area (Å²) in [5.74, 6) is -6.93. The zero-order chi connectivity index (χ0) is 28.6. The fourth-order valence-electron chi connectivity index (χ4n) is 4.78. The Kier molecular flexibility index (Phi) is 7.00. The van der Waals surface area contributed by atoms with Gasteiger partial charge in [-0.05, 0) is 74.5 Å². The monoisotopic (exact) mass is 540 g/mol. The van der Waals surface area contributed by atoms with E-state index in [9.17, 15) is 28.8 Å². The summed E-state index contributed by atoms with van der Waals surface area (Å²) in [5, 5.41) is 5.10. The van der Waals surface area contributed by atoms with Gasteiger partial charge in [0.2, 0.25) is 11.8 Å². The number of nitrogens with one attached hydrogen (secondary N) is 2. The molecule has 10 heteroatoms. The van der Waals surface area contributed by atoms with Gasteiger partial charge in [-0.2, -0.15) is 0 Å². The first-order valence-electron chi connectivity index (χ1n) is 12.7. The number of ether oxygens (including phenoxy) is 2. The fraction of sp³-hybridized carbons (Fsp3) is 0.200. The summed E-state index contributed by atoms with van der Waals surface area (Å²) >= 11 is 0. The number of hydrogen-bond acceptors (Lipinski definition) is 8. The summed E-state index contributed by atoms with van der Waals surface area (Å²) in [4.78, 5) is 78.2. The predicted octanol–water partition coefficient (Wildman–Crippen LogP) is 3.75. The van der Waals surface area contributed by atoms with Crippen LogP contribution in [0.3, 0.4) is 0 Å². The lowest BCUT2D eigenvalue weighted by molar-refractivity contribution is -0.118. The van der Waals surface area contributed by atoms with E-state index in [-0.39, 0.29) is 22.3 Å². The molecule has 0 aliphatic heterocycles. The van der Waals surface area contributed by atoms with Crippen molar-refractivity contribution < 1.29 is 38.2 Å². The topological polar surface area (TPSA) is 145 Å². The molecule has 0 unspecified atom stereocenters. The quantitative estimate of drug-likeness (QED) is 0.411. The van der Waals surface area contributed by atoms with Crippen LogP contribution in [0.1, 0.15) is 55.3 Å². The lowest BCUT2D eigenvalue weighted by Gasteiger charge is -2.10. The molecule has 2 N–H and O–H groups in total. The van der Waals surface area contributed by atoms with Crippen LogP contribution >= 0.6 is 0 Å². The van der Waals surface area contributed by atoms with Crippen molar-refractivity contribution in [3.05, 3.63) is 82.9 Å². The minimum Gasteiger partial charge on any atom is -0.494 e. The SMILES string of the molecule is CCOc1ccc(NC(=O)C2C(=O)c3cc4c(cc3C2=O)C(=O)C(C(=O)Nc2ccc(OCC)cc2)C4=O)cc1. The summed E-state index contributed by atoms with van der Waals surface area (Å²) in [6.45, 7) is 4.61. The molecule has 0 saturated carbocycles. The van der Waals surface area contributed by atoms with Crippen molar-refractivity contribution in [3.8, 4) is 11.5 Å². The third kappa shape index (κ3) is 4.64. The average molecular weight is 541 g/mol. The first kappa shape index (κ1) is 26.5. The number of carbonyl (C=O) groups is 6. The van der Waals surface area contributed by atoms with Crippen LogP contribution in [0.2, 0.25) is 0 Å². The van der Waals surface area contributed by atoms with Crippen molar-refractivity contribution in [2.24, 2.45) is 11.8 Å². The Labute approximate surface area is 228 Å². The Morgan fingerprint density at radius 2 is 0.875 bits per heavy atom. The number of benzene rings is 3. The zero-order valence-corrected chi connectivity index (χ0v) is 21.6. The second-order valence-electron chi connectivity index (χ2n) is 9.16. The first-order chi connectivity index (χ1) is 19.2. The summed E-state index contributed by atoms with van der Waals surface area (Å²) in [7, 11) is 0.